The molecule has 0 bridgehead atoms. The van der Waals surface area contributed by atoms with Crippen molar-refractivity contribution in [2.24, 2.45) is 11.8 Å². The lowest BCUT2D eigenvalue weighted by molar-refractivity contribution is 0.0300. The maximum Gasteiger partial charge on any atom is 0.0620 e. The van der Waals surface area contributed by atoms with Gasteiger partial charge >= 0.3 is 0 Å². The molecule has 17 heavy (non-hydrogen) atoms. The number of ether oxygens (including phenoxy) is 1. The van der Waals surface area contributed by atoms with E-state index in [0.717, 1.165) is 19.1 Å². The van der Waals surface area contributed by atoms with Gasteiger partial charge in [0, 0.05) is 32.3 Å². The fraction of sp³-hybridized carbons (Fsp3) is 1.00. The van der Waals surface area contributed by atoms with Gasteiger partial charge in [-0.2, -0.15) is 0 Å². The molecule has 0 spiro atoms. The minimum absolute atomic E-state index is 0.574. The molecule has 0 saturated carbocycles. The summed E-state index contributed by atoms with van der Waals surface area (Å²) in [5.41, 5.74) is 0. The Morgan fingerprint density at radius 3 is 2.59 bits per heavy atom. The number of hydrogen-bond donors (Lipinski definition) is 1. The lowest BCUT2D eigenvalue weighted by atomic mass is 9.91. The lowest BCUT2D eigenvalue weighted by Gasteiger charge is -2.42. The van der Waals surface area contributed by atoms with Crippen LogP contribution in [0.2, 0.25) is 0 Å². The smallest absolute Gasteiger partial charge is 0.0620 e. The Balaban J connectivity index is 2.51. The normalized spacial score (nSPS) is 28.6. The number of nitrogens with one attached hydrogen (secondary N) is 1. The number of hydrogen-bond acceptors (Lipinski definition) is 3. The van der Waals surface area contributed by atoms with Gasteiger partial charge in [0.05, 0.1) is 6.61 Å². The maximum atomic E-state index is 5.37. The Kier molecular flexibility index (Phi) is 6.45. The van der Waals surface area contributed by atoms with Crippen LogP contribution in [-0.2, 0) is 4.74 Å². The topological polar surface area (TPSA) is 24.5 Å². The third kappa shape index (κ3) is 4.23. The van der Waals surface area contributed by atoms with Crippen molar-refractivity contribution in [2.75, 3.05) is 33.4 Å². The average Bonchev–Trinajstić information content (AvgIpc) is 2.28. The molecule has 1 aliphatic rings. The summed E-state index contributed by atoms with van der Waals surface area (Å²) in [6.45, 7) is 13.5. The summed E-state index contributed by atoms with van der Waals surface area (Å²) >= 11 is 0. The molecule has 1 fully saturated rings. The van der Waals surface area contributed by atoms with E-state index in [1.165, 1.54) is 19.5 Å². The molecular formula is C14H30N2O. The van der Waals surface area contributed by atoms with Crippen LogP contribution in [0.15, 0.2) is 0 Å². The molecule has 0 aromatic carbocycles. The Morgan fingerprint density at radius 1 is 1.41 bits per heavy atom. The molecular weight excluding hydrogens is 212 g/mol. The maximum absolute atomic E-state index is 5.37. The second kappa shape index (κ2) is 7.34. The van der Waals surface area contributed by atoms with Crippen LogP contribution >= 0.6 is 0 Å². The van der Waals surface area contributed by atoms with Crippen LogP contribution in [0.4, 0.5) is 0 Å². The molecule has 0 amide bonds. The quantitative estimate of drug-likeness (QED) is 0.771. The van der Waals surface area contributed by atoms with Crippen LogP contribution in [0.3, 0.4) is 0 Å². The molecule has 3 unspecified atom stereocenters. The van der Waals surface area contributed by atoms with Gasteiger partial charge < -0.3 is 10.1 Å². The molecule has 1 rings (SSSR count). The van der Waals surface area contributed by atoms with Gasteiger partial charge in [-0.1, -0.05) is 27.7 Å². The molecule has 3 atom stereocenters. The zero-order valence-corrected chi connectivity index (χ0v) is 12.2. The summed E-state index contributed by atoms with van der Waals surface area (Å²) in [7, 11) is 1.81. The predicted octanol–water partition coefficient (Wildman–Crippen LogP) is 1.98. The fourth-order valence-corrected chi connectivity index (χ4v) is 2.93. The van der Waals surface area contributed by atoms with Crippen molar-refractivity contribution in [3.8, 4) is 0 Å². The molecule has 1 saturated heterocycles. The second-order valence-corrected chi connectivity index (χ2v) is 5.69. The number of methoxy groups -OCH3 is 1. The van der Waals surface area contributed by atoms with Crippen molar-refractivity contribution in [2.45, 2.75) is 46.2 Å². The van der Waals surface area contributed by atoms with Gasteiger partial charge in [-0.05, 0) is 24.8 Å². The highest BCUT2D eigenvalue weighted by Gasteiger charge is 2.30. The fourth-order valence-electron chi connectivity index (χ4n) is 2.93. The zero-order valence-electron chi connectivity index (χ0n) is 12.2. The Bertz CT molecular complexity index is 208. The van der Waals surface area contributed by atoms with Gasteiger partial charge in [-0.15, -0.1) is 0 Å². The van der Waals surface area contributed by atoms with E-state index in [-0.39, 0.29) is 0 Å². The standard InChI is InChI=1S/C14H30N2O/c1-6-15-13-7-8-16(9-12(13)4)14(10-17-5)11(2)3/h11-15H,6-10H2,1-5H3. The summed E-state index contributed by atoms with van der Waals surface area (Å²) < 4.78 is 5.37. The summed E-state index contributed by atoms with van der Waals surface area (Å²) in [5, 5.41) is 3.60. The van der Waals surface area contributed by atoms with E-state index >= 15 is 0 Å². The molecule has 1 heterocycles. The first-order valence-electron chi connectivity index (χ1n) is 7.06. The first kappa shape index (κ1) is 14.9. The van der Waals surface area contributed by atoms with Crippen molar-refractivity contribution < 1.29 is 4.74 Å². The van der Waals surface area contributed by atoms with E-state index in [9.17, 15) is 0 Å². The van der Waals surface area contributed by atoms with E-state index in [0.29, 0.717) is 18.0 Å². The monoisotopic (exact) mass is 242 g/mol. The van der Waals surface area contributed by atoms with Gasteiger partial charge in [0.1, 0.15) is 0 Å². The van der Waals surface area contributed by atoms with Crippen molar-refractivity contribution >= 4 is 0 Å². The van der Waals surface area contributed by atoms with Crippen LogP contribution in [-0.4, -0.2) is 50.3 Å². The number of likely N-dealkylation sites (tertiary alicyclic amines) is 1. The van der Waals surface area contributed by atoms with E-state index < -0.39 is 0 Å². The minimum atomic E-state index is 0.574. The largest absolute Gasteiger partial charge is 0.383 e. The Labute approximate surface area is 107 Å². The third-order valence-corrected chi connectivity index (χ3v) is 3.98. The molecule has 1 aliphatic heterocycles. The van der Waals surface area contributed by atoms with Crippen molar-refractivity contribution in [1.82, 2.24) is 10.2 Å². The van der Waals surface area contributed by atoms with Gasteiger partial charge in [-0.25, -0.2) is 0 Å². The molecule has 3 heteroatoms. The van der Waals surface area contributed by atoms with Crippen LogP contribution in [0.25, 0.3) is 0 Å². The number of rotatable bonds is 6. The van der Waals surface area contributed by atoms with Gasteiger partial charge in [0.15, 0.2) is 0 Å². The highest BCUT2D eigenvalue weighted by molar-refractivity contribution is 4.86. The van der Waals surface area contributed by atoms with Gasteiger partial charge in [-0.3, -0.25) is 4.90 Å². The molecule has 0 aliphatic carbocycles. The molecule has 0 aromatic heterocycles. The van der Waals surface area contributed by atoms with Crippen LogP contribution in [0.5, 0.6) is 0 Å². The van der Waals surface area contributed by atoms with Crippen molar-refractivity contribution in [3.63, 3.8) is 0 Å². The molecule has 3 nitrogen and oxygen atoms in total. The first-order chi connectivity index (χ1) is 8.10. The van der Waals surface area contributed by atoms with Crippen LogP contribution < -0.4 is 5.32 Å². The number of nitrogens with zero attached hydrogens (tertiary/aromatic N) is 1. The van der Waals surface area contributed by atoms with Gasteiger partial charge in [0.2, 0.25) is 0 Å². The lowest BCUT2D eigenvalue weighted by Crippen LogP contribution is -2.53. The SMILES string of the molecule is CCNC1CCN(C(COC)C(C)C)CC1C. The highest BCUT2D eigenvalue weighted by Crippen LogP contribution is 2.22. The zero-order chi connectivity index (χ0) is 12.8. The van der Waals surface area contributed by atoms with Crippen LogP contribution in [0, 0.1) is 11.8 Å². The molecule has 102 valence electrons. The highest BCUT2D eigenvalue weighted by atomic mass is 16.5. The molecule has 0 aromatic rings. The van der Waals surface area contributed by atoms with E-state index in [1.807, 2.05) is 7.11 Å². The second-order valence-electron chi connectivity index (χ2n) is 5.69. The van der Waals surface area contributed by atoms with E-state index in [1.54, 1.807) is 0 Å². The van der Waals surface area contributed by atoms with Crippen LogP contribution in [0.1, 0.15) is 34.1 Å². The summed E-state index contributed by atoms with van der Waals surface area (Å²) in [4.78, 5) is 2.62. The Hall–Kier alpha value is -0.120. The van der Waals surface area contributed by atoms with Crippen molar-refractivity contribution in [3.05, 3.63) is 0 Å². The molecule has 0 radical (unpaired) electrons. The van der Waals surface area contributed by atoms with E-state index in [4.69, 9.17) is 4.74 Å². The average molecular weight is 242 g/mol. The number of piperidine rings is 1. The summed E-state index contributed by atoms with van der Waals surface area (Å²) in [5.74, 6) is 1.40. The minimum Gasteiger partial charge on any atom is -0.383 e. The Morgan fingerprint density at radius 2 is 2.12 bits per heavy atom. The summed E-state index contributed by atoms with van der Waals surface area (Å²) in [6.07, 6.45) is 1.27. The van der Waals surface area contributed by atoms with Gasteiger partial charge in [0.25, 0.3) is 0 Å². The third-order valence-electron chi connectivity index (χ3n) is 3.98. The van der Waals surface area contributed by atoms with Crippen molar-refractivity contribution in [1.29, 1.82) is 0 Å². The molecule has 1 N–H and O–H groups in total. The summed E-state index contributed by atoms with van der Waals surface area (Å²) in [6, 6.07) is 1.27. The first-order valence-corrected chi connectivity index (χ1v) is 7.06. The van der Waals surface area contributed by atoms with E-state index in [2.05, 4.69) is 37.9 Å². The predicted molar refractivity (Wildman–Crippen MR) is 73.3 cm³/mol.